The molecule has 0 aliphatic carbocycles. The number of carbonyl (C=O) groups is 2. The first-order valence-electron chi connectivity index (χ1n) is 10.0. The molecule has 1 aliphatic rings. The third kappa shape index (κ3) is 4.13. The van der Waals surface area contributed by atoms with E-state index >= 15 is 0 Å². The molecule has 0 radical (unpaired) electrons. The summed E-state index contributed by atoms with van der Waals surface area (Å²) < 4.78 is 17.9. The minimum absolute atomic E-state index is 0.0106. The molecule has 1 fully saturated rings. The van der Waals surface area contributed by atoms with E-state index in [2.05, 4.69) is 20.8 Å². The SMILES string of the molecule is COC(=O)c1c(-c2ccc(Br)cc2N2CCOCC2)nn(-c2ccccc2)c1C(=O)OC. The number of nitrogens with zero attached hydrogens (tertiary/aromatic N) is 3. The van der Waals surface area contributed by atoms with Gasteiger partial charge in [-0.15, -0.1) is 0 Å². The van der Waals surface area contributed by atoms with Gasteiger partial charge in [-0.3, -0.25) is 0 Å². The molecule has 0 saturated carbocycles. The molecule has 0 amide bonds. The van der Waals surface area contributed by atoms with E-state index in [0.717, 1.165) is 10.2 Å². The van der Waals surface area contributed by atoms with Gasteiger partial charge in [0.1, 0.15) is 11.3 Å². The van der Waals surface area contributed by atoms with Crippen LogP contribution in [0.25, 0.3) is 16.9 Å². The van der Waals surface area contributed by atoms with Gasteiger partial charge in [0.25, 0.3) is 0 Å². The Hall–Kier alpha value is -3.17. The maximum atomic E-state index is 12.9. The van der Waals surface area contributed by atoms with Crippen LogP contribution in [-0.2, 0) is 14.2 Å². The lowest BCUT2D eigenvalue weighted by atomic mass is 10.0. The zero-order valence-electron chi connectivity index (χ0n) is 17.7. The van der Waals surface area contributed by atoms with Crippen LogP contribution in [0.5, 0.6) is 0 Å². The standard InChI is InChI=1S/C23H22BrN3O5/c1-30-22(28)19-20(17-9-8-15(24)14-18(17)26-10-12-32-13-11-26)25-27(21(19)23(29)31-2)16-6-4-3-5-7-16/h3-9,14H,10-13H2,1-2H3. The second kappa shape index (κ2) is 9.54. The summed E-state index contributed by atoms with van der Waals surface area (Å²) in [6, 6.07) is 14.8. The zero-order valence-corrected chi connectivity index (χ0v) is 19.3. The molecule has 2 heterocycles. The quantitative estimate of drug-likeness (QED) is 0.494. The fraction of sp³-hybridized carbons (Fsp3) is 0.261. The lowest BCUT2D eigenvalue weighted by Gasteiger charge is -2.30. The van der Waals surface area contributed by atoms with Crippen LogP contribution in [0.2, 0.25) is 0 Å². The number of benzene rings is 2. The van der Waals surface area contributed by atoms with Crippen molar-refractivity contribution in [3.63, 3.8) is 0 Å². The number of anilines is 1. The van der Waals surface area contributed by atoms with Crippen LogP contribution in [0.3, 0.4) is 0 Å². The Labute approximate surface area is 193 Å². The summed E-state index contributed by atoms with van der Waals surface area (Å²) in [4.78, 5) is 27.9. The highest BCUT2D eigenvalue weighted by Crippen LogP contribution is 2.37. The van der Waals surface area contributed by atoms with Gasteiger partial charge in [0.2, 0.25) is 0 Å². The van der Waals surface area contributed by atoms with Crippen LogP contribution < -0.4 is 4.90 Å². The molecule has 1 saturated heterocycles. The summed E-state index contributed by atoms with van der Waals surface area (Å²) in [5.41, 5.74) is 2.61. The van der Waals surface area contributed by atoms with E-state index in [1.807, 2.05) is 36.4 Å². The molecule has 0 spiro atoms. The number of methoxy groups -OCH3 is 2. The van der Waals surface area contributed by atoms with Crippen LogP contribution in [0.15, 0.2) is 53.0 Å². The molecular weight excluding hydrogens is 478 g/mol. The number of hydrogen-bond acceptors (Lipinski definition) is 7. The van der Waals surface area contributed by atoms with Crippen LogP contribution in [0.4, 0.5) is 5.69 Å². The molecule has 0 N–H and O–H groups in total. The Morgan fingerprint density at radius 1 is 1.00 bits per heavy atom. The molecule has 1 aliphatic heterocycles. The van der Waals surface area contributed by atoms with Crippen molar-refractivity contribution in [1.29, 1.82) is 0 Å². The van der Waals surface area contributed by atoms with E-state index in [-0.39, 0.29) is 11.3 Å². The Morgan fingerprint density at radius 3 is 2.34 bits per heavy atom. The number of ether oxygens (including phenoxy) is 3. The lowest BCUT2D eigenvalue weighted by Crippen LogP contribution is -2.36. The normalized spacial score (nSPS) is 13.7. The van der Waals surface area contributed by atoms with Gasteiger partial charge in [0.05, 0.1) is 33.1 Å². The largest absolute Gasteiger partial charge is 0.465 e. The molecule has 0 bridgehead atoms. The van der Waals surface area contributed by atoms with Crippen molar-refractivity contribution < 1.29 is 23.8 Å². The van der Waals surface area contributed by atoms with E-state index in [4.69, 9.17) is 19.3 Å². The molecule has 32 heavy (non-hydrogen) atoms. The van der Waals surface area contributed by atoms with Gasteiger partial charge in [0, 0.05) is 28.8 Å². The van der Waals surface area contributed by atoms with Gasteiger partial charge >= 0.3 is 11.9 Å². The van der Waals surface area contributed by atoms with Crippen molar-refractivity contribution in [1.82, 2.24) is 9.78 Å². The Balaban J connectivity index is 2.00. The molecule has 2 aromatic carbocycles. The van der Waals surface area contributed by atoms with Crippen LogP contribution in [0.1, 0.15) is 20.8 Å². The average molecular weight is 500 g/mol. The fourth-order valence-corrected chi connectivity index (χ4v) is 4.06. The molecule has 9 heteroatoms. The number of esters is 2. The van der Waals surface area contributed by atoms with E-state index < -0.39 is 11.9 Å². The van der Waals surface area contributed by atoms with Crippen LogP contribution >= 0.6 is 15.9 Å². The van der Waals surface area contributed by atoms with Gasteiger partial charge in [-0.2, -0.15) is 5.10 Å². The average Bonchev–Trinajstić information content (AvgIpc) is 3.24. The number of morpholine rings is 1. The Bertz CT molecular complexity index is 1140. The number of para-hydroxylation sites is 1. The maximum absolute atomic E-state index is 12.9. The third-order valence-electron chi connectivity index (χ3n) is 5.22. The van der Waals surface area contributed by atoms with E-state index in [0.29, 0.717) is 43.2 Å². The van der Waals surface area contributed by atoms with E-state index in [1.165, 1.54) is 18.9 Å². The molecule has 0 atom stereocenters. The van der Waals surface area contributed by atoms with Gasteiger partial charge in [0.15, 0.2) is 5.69 Å². The summed E-state index contributed by atoms with van der Waals surface area (Å²) in [5, 5.41) is 4.72. The summed E-state index contributed by atoms with van der Waals surface area (Å²) in [5.74, 6) is -1.35. The Morgan fingerprint density at radius 2 is 1.69 bits per heavy atom. The first kappa shape index (κ1) is 22.0. The monoisotopic (exact) mass is 499 g/mol. The number of halogens is 1. The van der Waals surface area contributed by atoms with Crippen molar-refractivity contribution in [3.8, 4) is 16.9 Å². The highest BCUT2D eigenvalue weighted by atomic mass is 79.9. The van der Waals surface area contributed by atoms with Crippen LogP contribution in [-0.4, -0.2) is 62.2 Å². The van der Waals surface area contributed by atoms with Crippen molar-refractivity contribution in [2.24, 2.45) is 0 Å². The van der Waals surface area contributed by atoms with E-state index in [1.54, 1.807) is 12.1 Å². The zero-order chi connectivity index (χ0) is 22.7. The van der Waals surface area contributed by atoms with Crippen molar-refractivity contribution in [3.05, 3.63) is 64.3 Å². The summed E-state index contributed by atoms with van der Waals surface area (Å²) in [6.07, 6.45) is 0. The predicted molar refractivity (Wildman–Crippen MR) is 122 cm³/mol. The first-order valence-corrected chi connectivity index (χ1v) is 10.8. The van der Waals surface area contributed by atoms with Crippen LogP contribution in [0, 0.1) is 0 Å². The van der Waals surface area contributed by atoms with Gasteiger partial charge in [-0.05, 0) is 30.3 Å². The van der Waals surface area contributed by atoms with Gasteiger partial charge in [-0.1, -0.05) is 34.1 Å². The Kier molecular flexibility index (Phi) is 6.57. The van der Waals surface area contributed by atoms with Crippen molar-refractivity contribution in [2.75, 3.05) is 45.4 Å². The van der Waals surface area contributed by atoms with Crippen molar-refractivity contribution >= 4 is 33.6 Å². The number of hydrogen-bond donors (Lipinski definition) is 0. The fourth-order valence-electron chi connectivity index (χ4n) is 3.71. The second-order valence-corrected chi connectivity index (χ2v) is 7.98. The number of rotatable bonds is 5. The lowest BCUT2D eigenvalue weighted by molar-refractivity contribution is 0.0549. The molecule has 3 aromatic rings. The topological polar surface area (TPSA) is 82.9 Å². The first-order chi connectivity index (χ1) is 15.5. The van der Waals surface area contributed by atoms with Gasteiger partial charge in [-0.25, -0.2) is 14.3 Å². The molecular formula is C23H22BrN3O5. The van der Waals surface area contributed by atoms with Crippen molar-refractivity contribution in [2.45, 2.75) is 0 Å². The van der Waals surface area contributed by atoms with E-state index in [9.17, 15) is 9.59 Å². The molecule has 4 rings (SSSR count). The summed E-state index contributed by atoms with van der Waals surface area (Å²) >= 11 is 3.54. The summed E-state index contributed by atoms with van der Waals surface area (Å²) in [6.45, 7) is 2.59. The molecule has 1 aromatic heterocycles. The predicted octanol–water partition coefficient (Wildman–Crippen LogP) is 3.71. The molecule has 0 unspecified atom stereocenters. The maximum Gasteiger partial charge on any atom is 0.357 e. The highest BCUT2D eigenvalue weighted by molar-refractivity contribution is 9.10. The van der Waals surface area contributed by atoms with Gasteiger partial charge < -0.3 is 19.1 Å². The minimum Gasteiger partial charge on any atom is -0.465 e. The minimum atomic E-state index is -0.682. The molecule has 8 nitrogen and oxygen atoms in total. The smallest absolute Gasteiger partial charge is 0.357 e. The summed E-state index contributed by atoms with van der Waals surface area (Å²) in [7, 11) is 2.54. The number of aromatic nitrogens is 2. The highest BCUT2D eigenvalue weighted by Gasteiger charge is 2.33. The molecule has 166 valence electrons. The number of carbonyl (C=O) groups excluding carboxylic acids is 2. The third-order valence-corrected chi connectivity index (χ3v) is 5.71. The second-order valence-electron chi connectivity index (χ2n) is 7.06.